The second-order valence-corrected chi connectivity index (χ2v) is 5.57. The van der Waals surface area contributed by atoms with Gasteiger partial charge in [-0.15, -0.1) is 0 Å². The molecule has 0 aromatic heterocycles. The molecule has 2 amide bonds. The van der Waals surface area contributed by atoms with E-state index in [1.807, 2.05) is 10.9 Å². The Morgan fingerprint density at radius 2 is 1.71 bits per heavy atom. The Morgan fingerprint density at radius 3 is 2.38 bits per heavy atom. The molecule has 2 aromatic carbocycles. The van der Waals surface area contributed by atoms with Crippen molar-refractivity contribution in [2.45, 2.75) is 6.10 Å². The second-order valence-electron chi connectivity index (χ2n) is 4.72. The first-order chi connectivity index (χ1) is 11.3. The zero-order valence-electron chi connectivity index (χ0n) is 12.0. The van der Waals surface area contributed by atoms with Crippen molar-refractivity contribution in [1.82, 2.24) is 10.9 Å². The fourth-order valence-corrected chi connectivity index (χ4v) is 2.18. The number of phenolic OH excluding ortho intramolecular Hbond substituents is 2. The molecule has 5 N–H and O–H groups in total. The SMILES string of the molecule is O=C(NNC(=O)[C@@H](O)c1cccc(Cl)c1)c1cc(Cl)c(O)cc1O. The number of hydrogen-bond donors (Lipinski definition) is 5. The third-order valence-electron chi connectivity index (χ3n) is 3.02. The Labute approximate surface area is 146 Å². The standard InChI is InChI=1S/C15H12Cl2N2O5/c16-8-3-1-2-7(4-8)13(22)15(24)19-18-14(23)9-5-10(17)12(21)6-11(9)20/h1-6,13,20-22H,(H,18,23)(H,19,24)/t13-/m0/s1. The molecule has 9 heteroatoms. The molecular weight excluding hydrogens is 359 g/mol. The molecule has 0 bridgehead atoms. The minimum Gasteiger partial charge on any atom is -0.507 e. The van der Waals surface area contributed by atoms with Gasteiger partial charge in [-0.2, -0.15) is 0 Å². The van der Waals surface area contributed by atoms with Crippen LogP contribution in [-0.2, 0) is 4.79 Å². The van der Waals surface area contributed by atoms with Crippen molar-refractivity contribution in [2.75, 3.05) is 0 Å². The van der Waals surface area contributed by atoms with Gasteiger partial charge in [-0.05, 0) is 23.8 Å². The molecule has 0 saturated carbocycles. The molecule has 126 valence electrons. The molecule has 2 aromatic rings. The molecular formula is C15H12Cl2N2O5. The van der Waals surface area contributed by atoms with E-state index in [9.17, 15) is 24.9 Å². The van der Waals surface area contributed by atoms with Gasteiger partial charge in [-0.25, -0.2) is 0 Å². The summed E-state index contributed by atoms with van der Waals surface area (Å²) in [6, 6.07) is 7.95. The first-order valence-corrected chi connectivity index (χ1v) is 7.30. The van der Waals surface area contributed by atoms with Crippen molar-refractivity contribution in [3.63, 3.8) is 0 Å². The maximum absolute atomic E-state index is 11.9. The number of hydrogen-bond acceptors (Lipinski definition) is 5. The highest BCUT2D eigenvalue weighted by atomic mass is 35.5. The van der Waals surface area contributed by atoms with Crippen LogP contribution in [0.3, 0.4) is 0 Å². The largest absolute Gasteiger partial charge is 0.507 e. The molecule has 7 nitrogen and oxygen atoms in total. The van der Waals surface area contributed by atoms with E-state index in [4.69, 9.17) is 23.2 Å². The van der Waals surface area contributed by atoms with Crippen LogP contribution in [0.1, 0.15) is 22.0 Å². The Morgan fingerprint density at radius 1 is 1.00 bits per heavy atom. The van der Waals surface area contributed by atoms with Gasteiger partial charge in [0.2, 0.25) is 0 Å². The van der Waals surface area contributed by atoms with Crippen LogP contribution in [0.4, 0.5) is 0 Å². The van der Waals surface area contributed by atoms with E-state index in [0.29, 0.717) is 5.02 Å². The number of phenols is 2. The molecule has 0 heterocycles. The third kappa shape index (κ3) is 4.08. The molecule has 0 spiro atoms. The van der Waals surface area contributed by atoms with Crippen LogP contribution >= 0.6 is 23.2 Å². The number of aromatic hydroxyl groups is 2. The minimum absolute atomic E-state index is 0.150. The van der Waals surface area contributed by atoms with E-state index in [-0.39, 0.29) is 16.1 Å². The normalized spacial score (nSPS) is 11.6. The average molecular weight is 371 g/mol. The maximum atomic E-state index is 11.9. The van der Waals surface area contributed by atoms with Gasteiger partial charge in [-0.3, -0.25) is 20.4 Å². The summed E-state index contributed by atoms with van der Waals surface area (Å²) in [7, 11) is 0. The van der Waals surface area contributed by atoms with Crippen molar-refractivity contribution in [3.05, 3.63) is 57.6 Å². The number of aliphatic hydroxyl groups excluding tert-OH is 1. The van der Waals surface area contributed by atoms with Crippen LogP contribution in [0.5, 0.6) is 11.5 Å². The Balaban J connectivity index is 2.03. The van der Waals surface area contributed by atoms with E-state index in [1.54, 1.807) is 12.1 Å². The lowest BCUT2D eigenvalue weighted by Crippen LogP contribution is -2.44. The maximum Gasteiger partial charge on any atom is 0.273 e. The summed E-state index contributed by atoms with van der Waals surface area (Å²) in [5.41, 5.74) is 4.00. The van der Waals surface area contributed by atoms with Crippen LogP contribution < -0.4 is 10.9 Å². The van der Waals surface area contributed by atoms with Gasteiger partial charge < -0.3 is 15.3 Å². The Hall–Kier alpha value is -2.48. The van der Waals surface area contributed by atoms with Crippen LogP contribution in [-0.4, -0.2) is 27.1 Å². The van der Waals surface area contributed by atoms with E-state index >= 15 is 0 Å². The molecule has 0 aliphatic heterocycles. The number of benzene rings is 2. The van der Waals surface area contributed by atoms with Gasteiger partial charge in [0.25, 0.3) is 11.8 Å². The van der Waals surface area contributed by atoms with E-state index in [0.717, 1.165) is 12.1 Å². The number of carbonyl (C=O) groups is 2. The van der Waals surface area contributed by atoms with Crippen molar-refractivity contribution in [2.24, 2.45) is 0 Å². The number of carbonyl (C=O) groups excluding carboxylic acids is 2. The lowest BCUT2D eigenvalue weighted by molar-refractivity contribution is -0.130. The summed E-state index contributed by atoms with van der Waals surface area (Å²) in [6.07, 6.45) is -1.55. The lowest BCUT2D eigenvalue weighted by Gasteiger charge is -2.13. The number of aliphatic hydroxyl groups is 1. The third-order valence-corrected chi connectivity index (χ3v) is 3.56. The minimum atomic E-state index is -1.55. The fourth-order valence-electron chi connectivity index (χ4n) is 1.81. The van der Waals surface area contributed by atoms with E-state index in [1.165, 1.54) is 12.1 Å². The first kappa shape index (κ1) is 17.9. The van der Waals surface area contributed by atoms with Gasteiger partial charge >= 0.3 is 0 Å². The molecule has 0 fully saturated rings. The fraction of sp³-hybridized carbons (Fsp3) is 0.0667. The van der Waals surface area contributed by atoms with Crippen LogP contribution in [0, 0.1) is 0 Å². The zero-order chi connectivity index (χ0) is 17.9. The molecule has 1 atom stereocenters. The van der Waals surface area contributed by atoms with Crippen molar-refractivity contribution >= 4 is 35.0 Å². The molecule has 24 heavy (non-hydrogen) atoms. The smallest absolute Gasteiger partial charge is 0.273 e. The highest BCUT2D eigenvalue weighted by molar-refractivity contribution is 6.32. The summed E-state index contributed by atoms with van der Waals surface area (Å²) in [6.45, 7) is 0. The van der Waals surface area contributed by atoms with Gasteiger partial charge in [-0.1, -0.05) is 35.3 Å². The summed E-state index contributed by atoms with van der Waals surface area (Å²) >= 11 is 11.4. The van der Waals surface area contributed by atoms with Crippen LogP contribution in [0.2, 0.25) is 10.0 Å². The molecule has 0 aliphatic rings. The Kier molecular flexibility index (Phi) is 5.50. The molecule has 0 aliphatic carbocycles. The van der Waals surface area contributed by atoms with Crippen LogP contribution in [0.15, 0.2) is 36.4 Å². The average Bonchev–Trinajstić information content (AvgIpc) is 2.55. The molecule has 0 radical (unpaired) electrons. The van der Waals surface area contributed by atoms with E-state index in [2.05, 4.69) is 0 Å². The van der Waals surface area contributed by atoms with Gasteiger partial charge in [0.1, 0.15) is 11.5 Å². The Bertz CT molecular complexity index is 797. The molecule has 2 rings (SSSR count). The first-order valence-electron chi connectivity index (χ1n) is 6.55. The predicted molar refractivity (Wildman–Crippen MR) is 86.8 cm³/mol. The summed E-state index contributed by atoms with van der Waals surface area (Å²) in [5, 5.41) is 29.0. The van der Waals surface area contributed by atoms with Gasteiger partial charge in [0.15, 0.2) is 6.10 Å². The zero-order valence-corrected chi connectivity index (χ0v) is 13.5. The van der Waals surface area contributed by atoms with Crippen molar-refractivity contribution in [3.8, 4) is 11.5 Å². The number of hydrazine groups is 1. The number of rotatable bonds is 3. The van der Waals surface area contributed by atoms with Crippen molar-refractivity contribution < 1.29 is 24.9 Å². The predicted octanol–water partition coefficient (Wildman–Crippen LogP) is 1.90. The highest BCUT2D eigenvalue weighted by Crippen LogP contribution is 2.30. The second kappa shape index (κ2) is 7.39. The summed E-state index contributed by atoms with van der Waals surface area (Å²) in [5.74, 6) is -2.72. The van der Waals surface area contributed by atoms with Crippen LogP contribution in [0.25, 0.3) is 0 Å². The highest BCUT2D eigenvalue weighted by Gasteiger charge is 2.20. The van der Waals surface area contributed by atoms with Gasteiger partial charge in [0.05, 0.1) is 10.6 Å². The molecule has 0 unspecified atom stereocenters. The van der Waals surface area contributed by atoms with Crippen molar-refractivity contribution in [1.29, 1.82) is 0 Å². The monoisotopic (exact) mass is 370 g/mol. The topological polar surface area (TPSA) is 119 Å². The van der Waals surface area contributed by atoms with E-state index < -0.39 is 29.4 Å². The van der Waals surface area contributed by atoms with Gasteiger partial charge in [0, 0.05) is 11.1 Å². The summed E-state index contributed by atoms with van der Waals surface area (Å²) in [4.78, 5) is 23.8. The molecule has 0 saturated heterocycles. The quantitative estimate of drug-likeness (QED) is 0.528. The lowest BCUT2D eigenvalue weighted by atomic mass is 10.1. The number of nitrogens with one attached hydrogen (secondary N) is 2. The number of halogens is 2. The summed E-state index contributed by atoms with van der Waals surface area (Å²) < 4.78 is 0. The number of amides is 2.